The van der Waals surface area contributed by atoms with Gasteiger partial charge in [0.2, 0.25) is 5.91 Å². The first-order chi connectivity index (χ1) is 16.6. The maximum Gasteiger partial charge on any atom is 0.263 e. The number of carbonyl (C=O) groups is 1. The van der Waals surface area contributed by atoms with Crippen molar-refractivity contribution in [3.8, 4) is 23.1 Å². The first kappa shape index (κ1) is 23.4. The van der Waals surface area contributed by atoms with Crippen LogP contribution in [0.5, 0.6) is 23.1 Å². The second-order valence-electron chi connectivity index (χ2n) is 8.29. The molecule has 8 nitrogen and oxygen atoms in total. The Labute approximate surface area is 199 Å². The van der Waals surface area contributed by atoms with E-state index in [9.17, 15) is 4.79 Å². The van der Waals surface area contributed by atoms with Gasteiger partial charge in [-0.25, -0.2) is 9.97 Å². The van der Waals surface area contributed by atoms with Crippen LogP contribution < -0.4 is 24.4 Å². The van der Waals surface area contributed by atoms with Gasteiger partial charge in [0.1, 0.15) is 5.75 Å². The predicted molar refractivity (Wildman–Crippen MR) is 130 cm³/mol. The van der Waals surface area contributed by atoms with E-state index in [1.165, 1.54) is 0 Å². The fourth-order valence-corrected chi connectivity index (χ4v) is 4.03. The molecule has 0 saturated carbocycles. The molecule has 0 spiro atoms. The fraction of sp³-hybridized carbons (Fsp3) is 0.346. The summed E-state index contributed by atoms with van der Waals surface area (Å²) in [5.41, 5.74) is 2.10. The fourth-order valence-electron chi connectivity index (χ4n) is 4.03. The van der Waals surface area contributed by atoms with Gasteiger partial charge >= 0.3 is 0 Å². The predicted octanol–water partition coefficient (Wildman–Crippen LogP) is 4.13. The van der Waals surface area contributed by atoms with Crippen molar-refractivity contribution in [1.29, 1.82) is 0 Å². The van der Waals surface area contributed by atoms with E-state index < -0.39 is 0 Å². The lowest BCUT2D eigenvalue weighted by molar-refractivity contribution is -0.125. The maximum absolute atomic E-state index is 13.0. The summed E-state index contributed by atoms with van der Waals surface area (Å²) in [4.78, 5) is 24.0. The zero-order valence-electron chi connectivity index (χ0n) is 19.8. The van der Waals surface area contributed by atoms with Crippen molar-refractivity contribution >= 4 is 11.7 Å². The number of carbonyl (C=O) groups excluding carboxylic acids is 1. The average Bonchev–Trinajstić information content (AvgIpc) is 2.88. The van der Waals surface area contributed by atoms with Crippen LogP contribution in [0.25, 0.3) is 0 Å². The Morgan fingerprint density at radius 1 is 1.06 bits per heavy atom. The molecule has 2 aromatic carbocycles. The zero-order chi connectivity index (χ0) is 23.9. The van der Waals surface area contributed by atoms with Crippen molar-refractivity contribution in [2.75, 3.05) is 32.2 Å². The molecule has 1 aliphatic rings. The van der Waals surface area contributed by atoms with Crippen LogP contribution in [-0.4, -0.2) is 43.2 Å². The van der Waals surface area contributed by atoms with E-state index in [-0.39, 0.29) is 11.8 Å². The van der Waals surface area contributed by atoms with Gasteiger partial charge < -0.3 is 24.4 Å². The third kappa shape index (κ3) is 5.57. The highest BCUT2D eigenvalue weighted by molar-refractivity contribution is 5.79. The molecule has 0 radical (unpaired) electrons. The number of nitrogens with zero attached hydrogens (tertiary/aromatic N) is 3. The minimum Gasteiger partial charge on any atom is -0.493 e. The number of piperidine rings is 1. The summed E-state index contributed by atoms with van der Waals surface area (Å²) < 4.78 is 16.7. The first-order valence-corrected chi connectivity index (χ1v) is 11.4. The third-order valence-corrected chi connectivity index (χ3v) is 5.89. The second-order valence-corrected chi connectivity index (χ2v) is 8.29. The summed E-state index contributed by atoms with van der Waals surface area (Å²) in [7, 11) is 3.20. The lowest BCUT2D eigenvalue weighted by Gasteiger charge is -2.33. The van der Waals surface area contributed by atoms with Crippen molar-refractivity contribution in [1.82, 2.24) is 15.3 Å². The van der Waals surface area contributed by atoms with Gasteiger partial charge in [-0.1, -0.05) is 23.8 Å². The lowest BCUT2D eigenvalue weighted by Crippen LogP contribution is -2.43. The van der Waals surface area contributed by atoms with E-state index in [0.29, 0.717) is 42.0 Å². The van der Waals surface area contributed by atoms with Crippen LogP contribution >= 0.6 is 0 Å². The van der Waals surface area contributed by atoms with Crippen molar-refractivity contribution in [2.45, 2.75) is 26.3 Å². The molecule has 3 aromatic rings. The minimum atomic E-state index is -0.150. The van der Waals surface area contributed by atoms with Gasteiger partial charge in [-0.15, -0.1) is 0 Å². The highest BCUT2D eigenvalue weighted by Gasteiger charge is 2.28. The molecule has 1 fully saturated rings. The van der Waals surface area contributed by atoms with E-state index in [0.717, 1.165) is 30.5 Å². The number of hydrogen-bond donors (Lipinski definition) is 1. The Morgan fingerprint density at radius 2 is 1.82 bits per heavy atom. The van der Waals surface area contributed by atoms with Gasteiger partial charge in [0.15, 0.2) is 17.3 Å². The quantitative estimate of drug-likeness (QED) is 0.539. The third-order valence-electron chi connectivity index (χ3n) is 5.89. The van der Waals surface area contributed by atoms with E-state index in [4.69, 9.17) is 14.2 Å². The summed E-state index contributed by atoms with van der Waals surface area (Å²) in [6.45, 7) is 3.80. The summed E-state index contributed by atoms with van der Waals surface area (Å²) in [6, 6.07) is 13.4. The zero-order valence-corrected chi connectivity index (χ0v) is 19.8. The van der Waals surface area contributed by atoms with Gasteiger partial charge in [0, 0.05) is 32.0 Å². The number of ether oxygens (including phenoxy) is 3. The highest BCUT2D eigenvalue weighted by Crippen LogP contribution is 2.31. The number of anilines is 1. The molecule has 0 bridgehead atoms. The molecule has 1 aliphatic heterocycles. The molecule has 0 unspecified atom stereocenters. The molecular weight excluding hydrogens is 432 g/mol. The van der Waals surface area contributed by atoms with Crippen molar-refractivity contribution < 1.29 is 19.0 Å². The number of benzene rings is 2. The molecule has 1 atom stereocenters. The van der Waals surface area contributed by atoms with Crippen molar-refractivity contribution in [2.24, 2.45) is 5.92 Å². The standard InChI is InChI=1S/C26H30N4O4/c1-18-6-9-21(10-7-18)34-26-24(27-12-13-28-26)30-14-4-5-20(17-30)25(31)29-16-19-8-11-22(32-2)23(15-19)33-3/h6-13,15,20H,4-5,14,16-17H2,1-3H3,(H,29,31)/t20-/m1/s1. The Hall–Kier alpha value is -3.81. The van der Waals surface area contributed by atoms with E-state index in [1.54, 1.807) is 26.6 Å². The van der Waals surface area contributed by atoms with E-state index in [1.807, 2.05) is 49.4 Å². The number of hydrogen-bond acceptors (Lipinski definition) is 7. The Balaban J connectivity index is 1.40. The van der Waals surface area contributed by atoms with Crippen LogP contribution in [-0.2, 0) is 11.3 Å². The number of nitrogens with one attached hydrogen (secondary N) is 1. The molecule has 0 aliphatic carbocycles. The Kier molecular flexibility index (Phi) is 7.47. The number of rotatable bonds is 8. The van der Waals surface area contributed by atoms with Crippen molar-refractivity contribution in [3.63, 3.8) is 0 Å². The smallest absolute Gasteiger partial charge is 0.263 e. The SMILES string of the molecule is COc1ccc(CNC(=O)[C@@H]2CCCN(c3nccnc3Oc3ccc(C)cc3)C2)cc1OC. The molecule has 178 valence electrons. The van der Waals surface area contributed by atoms with Crippen LogP contribution in [0.3, 0.4) is 0 Å². The van der Waals surface area contributed by atoms with Gasteiger partial charge in [0.25, 0.3) is 5.88 Å². The molecule has 8 heteroatoms. The first-order valence-electron chi connectivity index (χ1n) is 11.4. The van der Waals surface area contributed by atoms with Crippen LogP contribution in [0.2, 0.25) is 0 Å². The largest absolute Gasteiger partial charge is 0.493 e. The van der Waals surface area contributed by atoms with Crippen molar-refractivity contribution in [3.05, 3.63) is 66.0 Å². The number of amides is 1. The second kappa shape index (κ2) is 10.9. The Morgan fingerprint density at radius 3 is 2.59 bits per heavy atom. The monoisotopic (exact) mass is 462 g/mol. The maximum atomic E-state index is 13.0. The summed E-state index contributed by atoms with van der Waals surface area (Å²) >= 11 is 0. The number of aryl methyl sites for hydroxylation is 1. The van der Waals surface area contributed by atoms with Gasteiger partial charge in [-0.05, 0) is 49.6 Å². The van der Waals surface area contributed by atoms with E-state index >= 15 is 0 Å². The molecule has 1 saturated heterocycles. The van der Waals surface area contributed by atoms with Gasteiger partial charge in [-0.3, -0.25) is 4.79 Å². The summed E-state index contributed by atoms with van der Waals surface area (Å²) in [6.07, 6.45) is 4.97. The average molecular weight is 463 g/mol. The summed E-state index contributed by atoms with van der Waals surface area (Å²) in [5, 5.41) is 3.06. The molecular formula is C26H30N4O4. The normalized spacial score (nSPS) is 15.5. The topological polar surface area (TPSA) is 85.8 Å². The molecule has 2 heterocycles. The number of methoxy groups -OCH3 is 2. The van der Waals surface area contributed by atoms with Crippen LogP contribution in [0, 0.1) is 12.8 Å². The Bertz CT molecular complexity index is 1120. The van der Waals surface area contributed by atoms with Gasteiger partial charge in [0.05, 0.1) is 20.1 Å². The molecule has 1 amide bonds. The molecule has 1 aromatic heterocycles. The highest BCUT2D eigenvalue weighted by atomic mass is 16.5. The van der Waals surface area contributed by atoms with E-state index in [2.05, 4.69) is 20.2 Å². The molecule has 1 N–H and O–H groups in total. The number of aromatic nitrogens is 2. The summed E-state index contributed by atoms with van der Waals surface area (Å²) in [5.74, 6) is 2.97. The lowest BCUT2D eigenvalue weighted by atomic mass is 9.97. The van der Waals surface area contributed by atoms with Crippen LogP contribution in [0.15, 0.2) is 54.9 Å². The van der Waals surface area contributed by atoms with Crippen LogP contribution in [0.4, 0.5) is 5.82 Å². The van der Waals surface area contributed by atoms with Gasteiger partial charge in [-0.2, -0.15) is 0 Å². The molecule has 34 heavy (non-hydrogen) atoms. The molecule has 4 rings (SSSR count). The van der Waals surface area contributed by atoms with Crippen LogP contribution in [0.1, 0.15) is 24.0 Å². The minimum absolute atomic E-state index is 0.0179.